The van der Waals surface area contributed by atoms with Crippen molar-refractivity contribution < 1.29 is 14.2 Å². The summed E-state index contributed by atoms with van der Waals surface area (Å²) in [5.41, 5.74) is 1.99. The molecular formula is C21H24N4O3S. The number of methoxy groups -OCH3 is 2. The zero-order valence-corrected chi connectivity index (χ0v) is 17.3. The SMILES string of the molecule is COc1cccc(OC)c1-n1c(NSCc2ccccc2)nnc1C1CCCO1. The van der Waals surface area contributed by atoms with Gasteiger partial charge in [-0.1, -0.05) is 36.4 Å². The van der Waals surface area contributed by atoms with Crippen LogP contribution in [0.15, 0.2) is 48.5 Å². The van der Waals surface area contributed by atoms with E-state index in [0.717, 1.165) is 36.7 Å². The van der Waals surface area contributed by atoms with Crippen LogP contribution in [-0.2, 0) is 10.5 Å². The van der Waals surface area contributed by atoms with Crippen molar-refractivity contribution in [1.29, 1.82) is 0 Å². The first kappa shape index (κ1) is 19.6. The number of aromatic nitrogens is 3. The molecule has 152 valence electrons. The summed E-state index contributed by atoms with van der Waals surface area (Å²) in [4.78, 5) is 0. The Bertz CT molecular complexity index is 920. The number of benzene rings is 2. The number of ether oxygens (including phenoxy) is 3. The number of rotatable bonds is 8. The van der Waals surface area contributed by atoms with E-state index in [9.17, 15) is 0 Å². The highest BCUT2D eigenvalue weighted by Crippen LogP contribution is 2.39. The summed E-state index contributed by atoms with van der Waals surface area (Å²) < 4.78 is 22.4. The third kappa shape index (κ3) is 4.18. The van der Waals surface area contributed by atoms with Crippen molar-refractivity contribution in [2.75, 3.05) is 25.5 Å². The first-order valence-electron chi connectivity index (χ1n) is 9.52. The van der Waals surface area contributed by atoms with Crippen molar-refractivity contribution in [3.05, 3.63) is 59.9 Å². The zero-order valence-electron chi connectivity index (χ0n) is 16.5. The van der Waals surface area contributed by atoms with E-state index in [1.54, 1.807) is 26.2 Å². The van der Waals surface area contributed by atoms with Crippen molar-refractivity contribution in [2.24, 2.45) is 0 Å². The molecule has 1 aliphatic heterocycles. The lowest BCUT2D eigenvalue weighted by molar-refractivity contribution is 0.103. The predicted molar refractivity (Wildman–Crippen MR) is 114 cm³/mol. The second kappa shape index (κ2) is 9.19. The summed E-state index contributed by atoms with van der Waals surface area (Å²) in [6.07, 6.45) is 1.81. The van der Waals surface area contributed by atoms with Gasteiger partial charge in [0.1, 0.15) is 23.3 Å². The normalized spacial score (nSPS) is 16.0. The predicted octanol–water partition coefficient (Wildman–Crippen LogP) is 4.40. The minimum absolute atomic E-state index is 0.105. The van der Waals surface area contributed by atoms with Crippen molar-refractivity contribution in [3.63, 3.8) is 0 Å². The summed E-state index contributed by atoms with van der Waals surface area (Å²) in [5, 5.41) is 8.86. The summed E-state index contributed by atoms with van der Waals surface area (Å²) in [6.45, 7) is 0.728. The van der Waals surface area contributed by atoms with Gasteiger partial charge in [0.05, 0.1) is 14.2 Å². The topological polar surface area (TPSA) is 70.4 Å². The molecular weight excluding hydrogens is 388 g/mol. The molecule has 0 aliphatic carbocycles. The lowest BCUT2D eigenvalue weighted by Gasteiger charge is -2.19. The largest absolute Gasteiger partial charge is 0.494 e. The minimum atomic E-state index is -0.105. The van der Waals surface area contributed by atoms with Crippen molar-refractivity contribution in [1.82, 2.24) is 14.8 Å². The maximum Gasteiger partial charge on any atom is 0.239 e. The first-order chi connectivity index (χ1) is 14.3. The maximum atomic E-state index is 5.90. The van der Waals surface area contributed by atoms with E-state index in [1.165, 1.54) is 5.56 Å². The van der Waals surface area contributed by atoms with Crippen LogP contribution in [0.1, 0.15) is 30.3 Å². The van der Waals surface area contributed by atoms with Crippen molar-refractivity contribution in [3.8, 4) is 17.2 Å². The number of hydrogen-bond donors (Lipinski definition) is 1. The van der Waals surface area contributed by atoms with E-state index >= 15 is 0 Å². The fourth-order valence-corrected chi connectivity index (χ4v) is 4.08. The van der Waals surface area contributed by atoms with E-state index in [2.05, 4.69) is 27.1 Å². The van der Waals surface area contributed by atoms with Crippen LogP contribution in [0.5, 0.6) is 11.5 Å². The highest BCUT2D eigenvalue weighted by atomic mass is 32.2. The van der Waals surface area contributed by atoms with Gasteiger partial charge in [-0.25, -0.2) is 0 Å². The van der Waals surface area contributed by atoms with Gasteiger partial charge in [-0.2, -0.15) is 0 Å². The maximum absolute atomic E-state index is 5.90. The monoisotopic (exact) mass is 412 g/mol. The highest BCUT2D eigenvalue weighted by molar-refractivity contribution is 7.99. The Morgan fingerprint density at radius 2 is 1.83 bits per heavy atom. The van der Waals surface area contributed by atoms with Crippen molar-refractivity contribution in [2.45, 2.75) is 24.7 Å². The standard InChI is InChI=1S/C21H24N4O3S/c1-26-16-10-6-11-17(27-2)19(16)25-20(18-12-7-13-28-18)22-23-21(25)24-29-14-15-8-4-3-5-9-15/h3-6,8-11,18H,7,12-14H2,1-2H3,(H,23,24). The Morgan fingerprint density at radius 1 is 1.07 bits per heavy atom. The molecule has 2 heterocycles. The van der Waals surface area contributed by atoms with Crippen LogP contribution in [-0.4, -0.2) is 35.6 Å². The van der Waals surface area contributed by atoms with E-state index in [1.807, 2.05) is 41.0 Å². The Labute approximate surface area is 174 Å². The molecule has 8 heteroatoms. The molecule has 0 bridgehead atoms. The van der Waals surface area contributed by atoms with Crippen molar-refractivity contribution >= 4 is 17.9 Å². The Kier molecular flexibility index (Phi) is 6.21. The fraction of sp³-hybridized carbons (Fsp3) is 0.333. The van der Waals surface area contributed by atoms with Crippen LogP contribution in [0.2, 0.25) is 0 Å². The van der Waals surface area contributed by atoms with Crippen LogP contribution in [0.25, 0.3) is 5.69 Å². The smallest absolute Gasteiger partial charge is 0.239 e. The second-order valence-corrected chi connectivity index (χ2v) is 7.39. The lowest BCUT2D eigenvalue weighted by atomic mass is 10.2. The van der Waals surface area contributed by atoms with Crippen LogP contribution in [0.4, 0.5) is 5.95 Å². The number of anilines is 1. The van der Waals surface area contributed by atoms with Gasteiger partial charge in [0, 0.05) is 12.4 Å². The van der Waals surface area contributed by atoms with Gasteiger partial charge in [-0.15, -0.1) is 10.2 Å². The summed E-state index contributed by atoms with van der Waals surface area (Å²) >= 11 is 1.56. The molecule has 4 rings (SSSR count). The van der Waals surface area contributed by atoms with Gasteiger partial charge >= 0.3 is 0 Å². The molecule has 1 atom stereocenters. The van der Waals surface area contributed by atoms with Gasteiger partial charge in [-0.3, -0.25) is 9.29 Å². The average molecular weight is 413 g/mol. The Hall–Kier alpha value is -2.71. The molecule has 0 saturated carbocycles. The molecule has 3 aromatic rings. The van der Waals surface area contributed by atoms with Gasteiger partial charge in [0.25, 0.3) is 0 Å². The van der Waals surface area contributed by atoms with Gasteiger partial charge < -0.3 is 14.2 Å². The van der Waals surface area contributed by atoms with Gasteiger partial charge in [-0.05, 0) is 42.5 Å². The van der Waals surface area contributed by atoms with Gasteiger partial charge in [0.2, 0.25) is 5.95 Å². The third-order valence-electron chi connectivity index (χ3n) is 4.78. The molecule has 1 N–H and O–H groups in total. The zero-order chi connectivity index (χ0) is 20.1. The van der Waals surface area contributed by atoms with E-state index < -0.39 is 0 Å². The molecule has 1 unspecified atom stereocenters. The number of hydrogen-bond acceptors (Lipinski definition) is 7. The van der Waals surface area contributed by atoms with Crippen LogP contribution in [0, 0.1) is 0 Å². The molecule has 1 saturated heterocycles. The van der Waals surface area contributed by atoms with Crippen LogP contribution in [0.3, 0.4) is 0 Å². The Balaban J connectivity index is 1.70. The first-order valence-corrected chi connectivity index (χ1v) is 10.5. The van der Waals surface area contributed by atoms with E-state index in [-0.39, 0.29) is 6.10 Å². The fourth-order valence-electron chi connectivity index (χ4n) is 3.38. The molecule has 2 aromatic carbocycles. The molecule has 7 nitrogen and oxygen atoms in total. The number of para-hydroxylation sites is 1. The lowest BCUT2D eigenvalue weighted by Crippen LogP contribution is -2.11. The number of nitrogens with one attached hydrogen (secondary N) is 1. The van der Waals surface area contributed by atoms with Crippen LogP contribution >= 0.6 is 11.9 Å². The molecule has 1 aromatic heterocycles. The van der Waals surface area contributed by atoms with Crippen LogP contribution < -0.4 is 14.2 Å². The van der Waals surface area contributed by atoms with E-state index in [0.29, 0.717) is 17.4 Å². The molecule has 29 heavy (non-hydrogen) atoms. The molecule has 1 aliphatic rings. The Morgan fingerprint density at radius 3 is 2.48 bits per heavy atom. The molecule has 0 radical (unpaired) electrons. The summed E-state index contributed by atoms with van der Waals surface area (Å²) in [5.74, 6) is 3.51. The second-order valence-electron chi connectivity index (χ2n) is 6.61. The average Bonchev–Trinajstić information content (AvgIpc) is 3.43. The summed E-state index contributed by atoms with van der Waals surface area (Å²) in [6, 6.07) is 16.0. The third-order valence-corrected chi connectivity index (χ3v) is 5.58. The molecule has 1 fully saturated rings. The molecule has 0 spiro atoms. The number of nitrogens with zero attached hydrogens (tertiary/aromatic N) is 3. The minimum Gasteiger partial charge on any atom is -0.494 e. The summed E-state index contributed by atoms with van der Waals surface area (Å²) in [7, 11) is 3.29. The van der Waals surface area contributed by atoms with Gasteiger partial charge in [0.15, 0.2) is 5.82 Å². The highest BCUT2D eigenvalue weighted by Gasteiger charge is 2.29. The van der Waals surface area contributed by atoms with E-state index in [4.69, 9.17) is 14.2 Å². The molecule has 0 amide bonds. The quantitative estimate of drug-likeness (QED) is 0.550.